The Kier molecular flexibility index (Phi) is 10.9. The maximum atomic E-state index is 12.6. The molecule has 1 atom stereocenters. The first-order valence-corrected chi connectivity index (χ1v) is 14.7. The number of nitrogens with zero attached hydrogens (tertiary/aromatic N) is 3. The molecule has 5 nitrogen and oxygen atoms in total. The zero-order valence-electron chi connectivity index (χ0n) is 18.9. The topological polar surface area (TPSA) is 61.9 Å². The number of halogens is 1. The summed E-state index contributed by atoms with van der Waals surface area (Å²) in [5, 5.41) is 2.82. The maximum Gasteiger partial charge on any atom is 0.222 e. The van der Waals surface area contributed by atoms with Crippen LogP contribution in [-0.2, 0) is 11.3 Å². The van der Waals surface area contributed by atoms with Gasteiger partial charge in [-0.1, -0.05) is 46.2 Å². The van der Waals surface area contributed by atoms with E-state index < -0.39 is 0 Å². The lowest BCUT2D eigenvalue weighted by Crippen LogP contribution is -2.48. The van der Waals surface area contributed by atoms with Gasteiger partial charge >= 0.3 is 0 Å². The van der Waals surface area contributed by atoms with Crippen molar-refractivity contribution in [2.75, 3.05) is 31.9 Å². The van der Waals surface area contributed by atoms with Crippen LogP contribution in [0.25, 0.3) is 0 Å². The van der Waals surface area contributed by atoms with E-state index in [4.69, 9.17) is 5.73 Å². The van der Waals surface area contributed by atoms with Crippen LogP contribution in [-0.4, -0.2) is 58.7 Å². The number of thiophene rings is 1. The smallest absolute Gasteiger partial charge is 0.222 e. The molecule has 1 amide bonds. The van der Waals surface area contributed by atoms with Crippen LogP contribution in [0.3, 0.4) is 0 Å². The molecule has 2 N–H and O–H groups in total. The average Bonchev–Trinajstić information content (AvgIpc) is 3.52. The first kappa shape index (κ1) is 26.4. The maximum absolute atomic E-state index is 12.6. The van der Waals surface area contributed by atoms with Gasteiger partial charge in [-0.05, 0) is 48.4 Å². The number of aliphatic imine (C=N–C) groups is 1. The van der Waals surface area contributed by atoms with Crippen LogP contribution < -0.4 is 5.73 Å². The van der Waals surface area contributed by atoms with Crippen molar-refractivity contribution in [1.82, 2.24) is 9.80 Å². The first-order chi connectivity index (χ1) is 15.7. The predicted molar refractivity (Wildman–Crippen MR) is 147 cm³/mol. The summed E-state index contributed by atoms with van der Waals surface area (Å²) in [4.78, 5) is 22.6. The summed E-state index contributed by atoms with van der Waals surface area (Å²) in [5.74, 6) is 2.18. The van der Waals surface area contributed by atoms with Gasteiger partial charge < -0.3 is 10.6 Å². The number of nitrogens with two attached hydrogens (primary N) is 1. The number of benzene rings is 1. The molecule has 2 aliphatic heterocycles. The Balaban J connectivity index is 0.00000306. The standard InChI is InChI=1S/C24H32N4OS3.ClH/c25-24(22-8-4-15-30-22)26-20-6-3-5-19(17-20)18-27-11-13-28(14-12-27)23(29)9-2-1-7-21-10-16-31-32-21;/h3-6,8,15,17,21H,1-2,7,9-14,16,18H2,(H2,25,26);1H. The molecule has 0 bridgehead atoms. The fraction of sp³-hybridized carbons (Fsp3) is 0.500. The summed E-state index contributed by atoms with van der Waals surface area (Å²) in [6, 6.07) is 12.3. The Labute approximate surface area is 215 Å². The predicted octanol–water partition coefficient (Wildman–Crippen LogP) is 5.57. The first-order valence-electron chi connectivity index (χ1n) is 11.4. The molecule has 0 saturated carbocycles. The van der Waals surface area contributed by atoms with Gasteiger partial charge in [0.15, 0.2) is 0 Å². The number of unbranched alkanes of at least 4 members (excludes halogenated alkanes) is 1. The van der Waals surface area contributed by atoms with Crippen LogP contribution in [0.5, 0.6) is 0 Å². The third kappa shape index (κ3) is 8.21. The number of hydrogen-bond acceptors (Lipinski definition) is 6. The van der Waals surface area contributed by atoms with Crippen molar-refractivity contribution < 1.29 is 4.79 Å². The van der Waals surface area contributed by atoms with Gasteiger partial charge in [-0.15, -0.1) is 23.7 Å². The van der Waals surface area contributed by atoms with Crippen molar-refractivity contribution in [3.05, 3.63) is 52.2 Å². The van der Waals surface area contributed by atoms with Crippen LogP contribution >= 0.6 is 45.3 Å². The van der Waals surface area contributed by atoms with Crippen molar-refractivity contribution >= 4 is 62.8 Å². The molecule has 9 heteroatoms. The number of carbonyl (C=O) groups excluding carboxylic acids is 1. The molecule has 2 fully saturated rings. The number of carbonyl (C=O) groups is 1. The van der Waals surface area contributed by atoms with Gasteiger partial charge in [0.2, 0.25) is 5.91 Å². The lowest BCUT2D eigenvalue weighted by Gasteiger charge is -2.35. The zero-order chi connectivity index (χ0) is 22.2. The van der Waals surface area contributed by atoms with Gasteiger partial charge in [-0.3, -0.25) is 9.69 Å². The van der Waals surface area contributed by atoms with E-state index in [-0.39, 0.29) is 12.4 Å². The van der Waals surface area contributed by atoms with E-state index >= 15 is 0 Å². The highest BCUT2D eigenvalue weighted by molar-refractivity contribution is 8.77. The monoisotopic (exact) mass is 524 g/mol. The van der Waals surface area contributed by atoms with Crippen molar-refractivity contribution in [1.29, 1.82) is 0 Å². The van der Waals surface area contributed by atoms with Crippen molar-refractivity contribution in [3.8, 4) is 0 Å². The van der Waals surface area contributed by atoms with Crippen molar-refractivity contribution in [3.63, 3.8) is 0 Å². The molecule has 0 aliphatic carbocycles. The quantitative estimate of drug-likeness (QED) is 0.201. The molecule has 2 aromatic rings. The highest BCUT2D eigenvalue weighted by atomic mass is 35.5. The minimum Gasteiger partial charge on any atom is -0.383 e. The largest absolute Gasteiger partial charge is 0.383 e. The molecule has 4 rings (SSSR count). The third-order valence-corrected chi connectivity index (χ3v) is 9.86. The van der Waals surface area contributed by atoms with E-state index in [1.165, 1.54) is 30.6 Å². The second kappa shape index (κ2) is 13.6. The van der Waals surface area contributed by atoms with E-state index in [9.17, 15) is 4.79 Å². The minimum absolute atomic E-state index is 0. The number of piperazine rings is 1. The van der Waals surface area contributed by atoms with Gasteiger partial charge in [0.05, 0.1) is 10.6 Å². The highest BCUT2D eigenvalue weighted by Gasteiger charge is 2.21. The molecule has 2 saturated heterocycles. The Morgan fingerprint density at radius 1 is 1.12 bits per heavy atom. The number of amides is 1. The molecule has 1 aromatic carbocycles. The molecule has 180 valence electrons. The Morgan fingerprint density at radius 3 is 2.70 bits per heavy atom. The van der Waals surface area contributed by atoms with Crippen LogP contribution in [0.15, 0.2) is 46.8 Å². The molecule has 2 aliphatic rings. The lowest BCUT2D eigenvalue weighted by atomic mass is 10.1. The van der Waals surface area contributed by atoms with Crippen molar-refractivity contribution in [2.24, 2.45) is 10.7 Å². The fourth-order valence-corrected chi connectivity index (χ4v) is 7.78. The van der Waals surface area contributed by atoms with Gasteiger partial charge in [-0.2, -0.15) is 0 Å². The van der Waals surface area contributed by atoms with E-state index in [0.717, 1.165) is 55.0 Å². The van der Waals surface area contributed by atoms with Crippen LogP contribution in [0.1, 0.15) is 42.5 Å². The van der Waals surface area contributed by atoms with E-state index in [0.29, 0.717) is 18.2 Å². The average molecular weight is 525 g/mol. The molecule has 1 unspecified atom stereocenters. The summed E-state index contributed by atoms with van der Waals surface area (Å²) in [6.45, 7) is 4.38. The second-order valence-electron chi connectivity index (χ2n) is 8.38. The molecule has 33 heavy (non-hydrogen) atoms. The van der Waals surface area contributed by atoms with Gasteiger partial charge in [0.1, 0.15) is 5.84 Å². The number of hydrogen-bond donors (Lipinski definition) is 1. The SMILES string of the molecule is Cl.N/C(=N\c1cccc(CN2CCN(C(=O)CCCCC3CCSS3)CC2)c1)c1cccs1. The summed E-state index contributed by atoms with van der Waals surface area (Å²) in [5.41, 5.74) is 8.25. The Morgan fingerprint density at radius 2 is 1.97 bits per heavy atom. The van der Waals surface area contributed by atoms with Crippen molar-refractivity contribution in [2.45, 2.75) is 43.9 Å². The lowest BCUT2D eigenvalue weighted by molar-refractivity contribution is -0.133. The highest BCUT2D eigenvalue weighted by Crippen LogP contribution is 2.39. The molecule has 1 aromatic heterocycles. The summed E-state index contributed by atoms with van der Waals surface area (Å²) >= 11 is 1.60. The number of rotatable bonds is 9. The Hall–Kier alpha value is -1.19. The van der Waals surface area contributed by atoms with E-state index in [2.05, 4.69) is 26.9 Å². The van der Waals surface area contributed by atoms with Crippen LogP contribution in [0.2, 0.25) is 0 Å². The van der Waals surface area contributed by atoms with Crippen LogP contribution in [0.4, 0.5) is 5.69 Å². The van der Waals surface area contributed by atoms with E-state index in [1.807, 2.05) is 51.2 Å². The molecular weight excluding hydrogens is 492 g/mol. The molecule has 3 heterocycles. The van der Waals surface area contributed by atoms with E-state index in [1.54, 1.807) is 11.3 Å². The van der Waals surface area contributed by atoms with Gasteiger partial charge in [-0.25, -0.2) is 4.99 Å². The minimum atomic E-state index is 0. The summed E-state index contributed by atoms with van der Waals surface area (Å²) in [6.07, 6.45) is 5.52. The molecular formula is C24H33ClN4OS3. The third-order valence-electron chi connectivity index (χ3n) is 5.96. The van der Waals surface area contributed by atoms with Gasteiger partial charge in [0.25, 0.3) is 0 Å². The van der Waals surface area contributed by atoms with Crippen LogP contribution in [0, 0.1) is 0 Å². The molecule has 0 radical (unpaired) electrons. The second-order valence-corrected chi connectivity index (χ2v) is 12.1. The molecule has 0 spiro atoms. The number of amidine groups is 1. The summed E-state index contributed by atoms with van der Waals surface area (Å²) in [7, 11) is 4.03. The van der Waals surface area contributed by atoms with Gasteiger partial charge in [0, 0.05) is 50.1 Å². The summed E-state index contributed by atoms with van der Waals surface area (Å²) < 4.78 is 0. The Bertz CT molecular complexity index is 895. The normalized spacial score (nSPS) is 19.5. The zero-order valence-corrected chi connectivity index (χ0v) is 22.1. The fourth-order valence-electron chi connectivity index (χ4n) is 4.13.